The number of carbonyl (C=O) groups excluding carboxylic acids is 4. The van der Waals surface area contributed by atoms with Gasteiger partial charge in [0.25, 0.3) is 0 Å². The second-order valence-electron chi connectivity index (χ2n) is 21.6. The molecule has 1 aliphatic heterocycles. The van der Waals surface area contributed by atoms with E-state index in [0.29, 0.717) is 32.7 Å². The fourth-order valence-corrected chi connectivity index (χ4v) is 10.3. The minimum atomic E-state index is -0.263. The Morgan fingerprint density at radius 3 is 1.21 bits per heavy atom. The number of piperazine rings is 1. The molecule has 1 saturated heterocycles. The van der Waals surface area contributed by atoms with Crippen LogP contribution in [0.15, 0.2) is 0 Å². The Labute approximate surface area is 433 Å². The average Bonchev–Trinajstić information content (AvgIpc) is 3.35. The smallest absolute Gasteiger partial charge is 0.324 e. The van der Waals surface area contributed by atoms with Crippen molar-refractivity contribution in [3.63, 3.8) is 0 Å². The van der Waals surface area contributed by atoms with E-state index < -0.39 is 0 Å². The molecule has 0 saturated carbocycles. The van der Waals surface area contributed by atoms with Crippen molar-refractivity contribution in [3.05, 3.63) is 0 Å². The molecule has 0 spiro atoms. The van der Waals surface area contributed by atoms with Crippen molar-refractivity contribution in [3.8, 4) is 0 Å². The van der Waals surface area contributed by atoms with E-state index >= 15 is 0 Å². The predicted octanol–water partition coefficient (Wildman–Crippen LogP) is 15.6. The van der Waals surface area contributed by atoms with Crippen molar-refractivity contribution >= 4 is 23.9 Å². The standard InChI is InChI=1S/C60H116N4O6/c1-7-12-16-20-26-34-43-55(41-32-18-14-9-3)58(66)69-51-36-28-22-24-30-39-54(53-57(65)64(60(68)61-11-5)46-38-45-63-49-47-62(6)48-50-63)40-31-25-23-29-37-52-70-59(67)56(42-33-19-15-10-4)44-35-27-21-17-13-8-2/h54-56H,7-53H2,1-6H3,(H,61,68). The van der Waals surface area contributed by atoms with Crippen LogP contribution < -0.4 is 5.32 Å². The molecule has 10 nitrogen and oxygen atoms in total. The van der Waals surface area contributed by atoms with Crippen LogP contribution in [0.1, 0.15) is 279 Å². The van der Waals surface area contributed by atoms with Crippen molar-refractivity contribution in [2.24, 2.45) is 17.8 Å². The summed E-state index contributed by atoms with van der Waals surface area (Å²) in [5.41, 5.74) is 0. The molecular formula is C60H116N4O6. The minimum Gasteiger partial charge on any atom is -0.465 e. The highest BCUT2D eigenvalue weighted by Gasteiger charge is 2.25. The normalized spacial score (nSPS) is 14.6. The van der Waals surface area contributed by atoms with Gasteiger partial charge in [-0.3, -0.25) is 19.3 Å². The maximum absolute atomic E-state index is 14.0. The van der Waals surface area contributed by atoms with Gasteiger partial charge < -0.3 is 24.6 Å². The molecule has 1 fully saturated rings. The van der Waals surface area contributed by atoms with Crippen molar-refractivity contribution in [1.82, 2.24) is 20.0 Å². The number of likely N-dealkylation sites (N-methyl/N-ethyl adjacent to an activating group) is 1. The molecule has 1 rings (SSSR count). The molecule has 3 amide bonds. The third-order valence-electron chi connectivity index (χ3n) is 15.1. The van der Waals surface area contributed by atoms with Crippen molar-refractivity contribution < 1.29 is 28.7 Å². The van der Waals surface area contributed by atoms with Crippen LogP contribution in [-0.4, -0.2) is 105 Å². The summed E-state index contributed by atoms with van der Waals surface area (Å²) in [5, 5.41) is 2.92. The van der Waals surface area contributed by atoms with Gasteiger partial charge in [-0.15, -0.1) is 0 Å². The molecule has 0 radical (unpaired) electrons. The van der Waals surface area contributed by atoms with Gasteiger partial charge in [0.05, 0.1) is 25.0 Å². The summed E-state index contributed by atoms with van der Waals surface area (Å²) < 4.78 is 11.8. The molecule has 10 heteroatoms. The first-order valence-corrected chi connectivity index (χ1v) is 30.5. The van der Waals surface area contributed by atoms with E-state index in [-0.39, 0.29) is 41.6 Å². The number of carbonyl (C=O) groups is 4. The third kappa shape index (κ3) is 36.7. The fourth-order valence-electron chi connectivity index (χ4n) is 10.3. The lowest BCUT2D eigenvalue weighted by Gasteiger charge is -2.32. The molecular weight excluding hydrogens is 873 g/mol. The van der Waals surface area contributed by atoms with Crippen LogP contribution in [0, 0.1) is 17.8 Å². The highest BCUT2D eigenvalue weighted by atomic mass is 16.5. The van der Waals surface area contributed by atoms with Crippen LogP contribution in [0.3, 0.4) is 0 Å². The van der Waals surface area contributed by atoms with Gasteiger partial charge in [0, 0.05) is 45.7 Å². The zero-order chi connectivity index (χ0) is 51.1. The first kappa shape index (κ1) is 65.8. The Bertz CT molecular complexity index is 1170. The van der Waals surface area contributed by atoms with E-state index in [9.17, 15) is 19.2 Å². The van der Waals surface area contributed by atoms with Gasteiger partial charge in [0.2, 0.25) is 5.91 Å². The number of hydrogen-bond donors (Lipinski definition) is 1. The second-order valence-corrected chi connectivity index (χ2v) is 21.6. The van der Waals surface area contributed by atoms with Crippen LogP contribution in [0.25, 0.3) is 0 Å². The van der Waals surface area contributed by atoms with Gasteiger partial charge in [-0.2, -0.15) is 0 Å². The number of amides is 3. The lowest BCUT2D eigenvalue weighted by molar-refractivity contribution is -0.150. The Hall–Kier alpha value is -2.20. The molecule has 70 heavy (non-hydrogen) atoms. The van der Waals surface area contributed by atoms with E-state index in [1.807, 2.05) is 6.92 Å². The number of imide groups is 1. The summed E-state index contributed by atoms with van der Waals surface area (Å²) in [6.07, 6.45) is 41.9. The minimum absolute atomic E-state index is 0.0257. The number of urea groups is 1. The Balaban J connectivity index is 2.68. The SMILES string of the molecule is CCCCCCCCC(CCCCCC)C(=O)OCCCCCCCC(CCCCCCCOC(=O)C(CCCCCC)CCCCCCCC)CC(=O)N(CCCN1CCN(C)CC1)C(=O)NCC. The maximum Gasteiger partial charge on any atom is 0.324 e. The Morgan fingerprint density at radius 2 is 0.814 bits per heavy atom. The first-order chi connectivity index (χ1) is 34.2. The van der Waals surface area contributed by atoms with Gasteiger partial charge >= 0.3 is 18.0 Å². The molecule has 0 aliphatic carbocycles. The van der Waals surface area contributed by atoms with Crippen LogP contribution in [0.2, 0.25) is 0 Å². The van der Waals surface area contributed by atoms with Crippen LogP contribution in [0.5, 0.6) is 0 Å². The van der Waals surface area contributed by atoms with Gasteiger partial charge in [-0.25, -0.2) is 4.79 Å². The summed E-state index contributed by atoms with van der Waals surface area (Å²) in [6, 6.07) is -0.263. The number of hydrogen-bond acceptors (Lipinski definition) is 8. The van der Waals surface area contributed by atoms with Crippen LogP contribution in [-0.2, 0) is 23.9 Å². The second kappa shape index (κ2) is 47.8. The summed E-state index contributed by atoms with van der Waals surface area (Å²) in [6.45, 7) is 17.9. The molecule has 1 N–H and O–H groups in total. The zero-order valence-electron chi connectivity index (χ0n) is 47.3. The Kier molecular flexibility index (Phi) is 44.9. The van der Waals surface area contributed by atoms with Gasteiger partial charge in [0.1, 0.15) is 0 Å². The quantitative estimate of drug-likeness (QED) is 0.0474. The molecule has 0 aromatic carbocycles. The van der Waals surface area contributed by atoms with E-state index in [1.54, 1.807) is 0 Å². The maximum atomic E-state index is 14.0. The zero-order valence-corrected chi connectivity index (χ0v) is 47.3. The summed E-state index contributed by atoms with van der Waals surface area (Å²) in [5.74, 6) is 0.352. The number of nitrogens with one attached hydrogen (secondary N) is 1. The highest BCUT2D eigenvalue weighted by Crippen LogP contribution is 2.25. The van der Waals surface area contributed by atoms with Crippen molar-refractivity contribution in [2.45, 2.75) is 279 Å². The number of unbranched alkanes of at least 4 members (excludes halogenated alkanes) is 24. The summed E-state index contributed by atoms with van der Waals surface area (Å²) >= 11 is 0. The van der Waals surface area contributed by atoms with E-state index in [4.69, 9.17) is 9.47 Å². The number of esters is 2. The van der Waals surface area contributed by atoms with Crippen LogP contribution in [0.4, 0.5) is 4.79 Å². The number of nitrogens with zero attached hydrogens (tertiary/aromatic N) is 3. The number of ether oxygens (including phenoxy) is 2. The van der Waals surface area contributed by atoms with Crippen molar-refractivity contribution in [2.75, 3.05) is 66.1 Å². The topological polar surface area (TPSA) is 108 Å². The van der Waals surface area contributed by atoms with Gasteiger partial charge in [-0.1, -0.05) is 207 Å². The molecule has 0 aromatic rings. The summed E-state index contributed by atoms with van der Waals surface area (Å²) in [7, 11) is 2.16. The van der Waals surface area contributed by atoms with Crippen LogP contribution >= 0.6 is 0 Å². The monoisotopic (exact) mass is 989 g/mol. The largest absolute Gasteiger partial charge is 0.465 e. The molecule has 1 heterocycles. The number of rotatable bonds is 49. The molecule has 1 aliphatic rings. The average molecular weight is 990 g/mol. The molecule has 2 unspecified atom stereocenters. The Morgan fingerprint density at radius 1 is 0.457 bits per heavy atom. The summed E-state index contributed by atoms with van der Waals surface area (Å²) in [4.78, 5) is 59.9. The molecule has 2 atom stereocenters. The predicted molar refractivity (Wildman–Crippen MR) is 295 cm³/mol. The highest BCUT2D eigenvalue weighted by molar-refractivity contribution is 5.94. The third-order valence-corrected chi connectivity index (χ3v) is 15.1. The van der Waals surface area contributed by atoms with E-state index in [2.05, 4.69) is 49.9 Å². The van der Waals surface area contributed by atoms with Gasteiger partial charge in [0.15, 0.2) is 0 Å². The molecule has 0 bridgehead atoms. The molecule has 412 valence electrons. The molecule has 0 aromatic heterocycles. The van der Waals surface area contributed by atoms with E-state index in [1.165, 1.54) is 108 Å². The lowest BCUT2D eigenvalue weighted by atomic mass is 9.91. The lowest BCUT2D eigenvalue weighted by Crippen LogP contribution is -2.47. The fraction of sp³-hybridized carbons (Fsp3) is 0.933. The van der Waals surface area contributed by atoms with Crippen molar-refractivity contribution in [1.29, 1.82) is 0 Å². The first-order valence-electron chi connectivity index (χ1n) is 30.5. The van der Waals surface area contributed by atoms with E-state index in [0.717, 1.165) is 168 Å². The van der Waals surface area contributed by atoms with Gasteiger partial charge in [-0.05, 0) is 84.2 Å².